The molecule has 33 heavy (non-hydrogen) atoms. The van der Waals surface area contributed by atoms with Crippen molar-refractivity contribution in [2.75, 3.05) is 45.3 Å². The Morgan fingerprint density at radius 1 is 1.24 bits per heavy atom. The average molecular weight is 492 g/mol. The van der Waals surface area contributed by atoms with Crippen LogP contribution in [0.2, 0.25) is 5.02 Å². The van der Waals surface area contributed by atoms with Crippen molar-refractivity contribution in [1.82, 2.24) is 14.9 Å². The number of nitro benzene ring substituents is 1. The molecule has 1 aliphatic rings. The molecule has 12 heteroatoms. The number of methoxy groups -OCH3 is 2. The summed E-state index contributed by atoms with van der Waals surface area (Å²) in [6.45, 7) is 3.92. The van der Waals surface area contributed by atoms with Crippen LogP contribution in [0, 0.1) is 17.0 Å². The number of nitrogens with zero attached hydrogens (tertiary/aromatic N) is 5. The van der Waals surface area contributed by atoms with Gasteiger partial charge in [-0.3, -0.25) is 14.9 Å². The summed E-state index contributed by atoms with van der Waals surface area (Å²) in [5.41, 5.74) is 1.23. The lowest BCUT2D eigenvalue weighted by Crippen LogP contribution is -2.48. The Bertz CT molecular complexity index is 1230. The standard InChI is InChI=1S/C21H22ClN5O5S/c1-12-17-19(32-3)23-16(11-31-2)24-20(17)33-18(12)21(28)26-8-6-25(7-9-26)14-5-4-13(22)10-15(14)27(29)30/h4-5,10H,6-9,11H2,1-3H3. The van der Waals surface area contributed by atoms with Crippen molar-refractivity contribution in [3.63, 3.8) is 0 Å². The van der Waals surface area contributed by atoms with Gasteiger partial charge in [0.15, 0.2) is 5.82 Å². The molecule has 2 aromatic heterocycles. The maximum absolute atomic E-state index is 13.3. The van der Waals surface area contributed by atoms with Crippen molar-refractivity contribution in [2.24, 2.45) is 0 Å². The number of ether oxygens (including phenoxy) is 2. The summed E-state index contributed by atoms with van der Waals surface area (Å²) in [6, 6.07) is 4.63. The van der Waals surface area contributed by atoms with Crippen LogP contribution in [0.15, 0.2) is 18.2 Å². The Morgan fingerprint density at radius 3 is 2.61 bits per heavy atom. The van der Waals surface area contributed by atoms with Crippen molar-refractivity contribution in [3.05, 3.63) is 49.6 Å². The molecule has 0 saturated carbocycles. The van der Waals surface area contributed by atoms with Crippen LogP contribution in [0.3, 0.4) is 0 Å². The first kappa shape index (κ1) is 23.1. The van der Waals surface area contributed by atoms with Crippen molar-refractivity contribution < 1.29 is 19.2 Å². The minimum Gasteiger partial charge on any atom is -0.480 e. The van der Waals surface area contributed by atoms with E-state index in [0.29, 0.717) is 58.3 Å². The molecule has 1 aromatic carbocycles. The molecular formula is C21H22ClN5O5S. The molecule has 3 aromatic rings. The van der Waals surface area contributed by atoms with E-state index < -0.39 is 4.92 Å². The molecule has 10 nitrogen and oxygen atoms in total. The van der Waals surface area contributed by atoms with Crippen molar-refractivity contribution in [2.45, 2.75) is 13.5 Å². The first-order valence-corrected chi connectivity index (χ1v) is 11.3. The van der Waals surface area contributed by atoms with Gasteiger partial charge in [-0.25, -0.2) is 4.98 Å². The molecule has 0 spiro atoms. The van der Waals surface area contributed by atoms with Crippen LogP contribution in [-0.4, -0.2) is 66.1 Å². The summed E-state index contributed by atoms with van der Waals surface area (Å²) < 4.78 is 10.6. The molecule has 0 bridgehead atoms. The lowest BCUT2D eigenvalue weighted by molar-refractivity contribution is -0.384. The Kier molecular flexibility index (Phi) is 6.63. The van der Waals surface area contributed by atoms with Crippen LogP contribution >= 0.6 is 22.9 Å². The van der Waals surface area contributed by atoms with Gasteiger partial charge in [-0.1, -0.05) is 11.6 Å². The van der Waals surface area contributed by atoms with Crippen molar-refractivity contribution >= 4 is 50.4 Å². The van der Waals surface area contributed by atoms with Crippen LogP contribution in [0.25, 0.3) is 10.2 Å². The fourth-order valence-electron chi connectivity index (χ4n) is 3.89. The lowest BCUT2D eigenvalue weighted by Gasteiger charge is -2.35. The summed E-state index contributed by atoms with van der Waals surface area (Å²) in [7, 11) is 3.10. The second-order valence-corrected chi connectivity index (χ2v) is 8.92. The minimum absolute atomic E-state index is 0.0415. The number of aryl methyl sites for hydroxylation is 1. The minimum atomic E-state index is -0.439. The highest BCUT2D eigenvalue weighted by Crippen LogP contribution is 2.36. The number of hydrogen-bond donors (Lipinski definition) is 0. The molecular weight excluding hydrogens is 470 g/mol. The second-order valence-electron chi connectivity index (χ2n) is 7.49. The number of halogens is 1. The summed E-state index contributed by atoms with van der Waals surface area (Å²) >= 11 is 7.23. The molecule has 0 unspecified atom stereocenters. The molecule has 1 aliphatic heterocycles. The average Bonchev–Trinajstić information content (AvgIpc) is 3.14. The number of anilines is 1. The van der Waals surface area contributed by atoms with Gasteiger partial charge in [-0.15, -0.1) is 11.3 Å². The first-order chi connectivity index (χ1) is 15.8. The fourth-order valence-corrected chi connectivity index (χ4v) is 5.22. The number of benzene rings is 1. The van der Waals surface area contributed by atoms with Gasteiger partial charge in [0.2, 0.25) is 5.88 Å². The summed E-state index contributed by atoms with van der Waals surface area (Å²) in [4.78, 5) is 38.2. The topological polar surface area (TPSA) is 111 Å². The van der Waals surface area contributed by atoms with Crippen LogP contribution in [0.1, 0.15) is 21.1 Å². The third kappa shape index (κ3) is 4.43. The largest absolute Gasteiger partial charge is 0.480 e. The molecule has 0 N–H and O–H groups in total. The van der Waals surface area contributed by atoms with Crippen LogP contribution in [0.5, 0.6) is 5.88 Å². The van der Waals surface area contributed by atoms with E-state index in [4.69, 9.17) is 21.1 Å². The number of rotatable bonds is 6. The number of carbonyl (C=O) groups excluding carboxylic acids is 1. The van der Waals surface area contributed by atoms with Crippen LogP contribution < -0.4 is 9.64 Å². The van der Waals surface area contributed by atoms with Crippen LogP contribution in [0.4, 0.5) is 11.4 Å². The third-order valence-electron chi connectivity index (χ3n) is 5.51. The Labute approximate surface area is 198 Å². The number of carbonyl (C=O) groups is 1. The van der Waals surface area contributed by atoms with Gasteiger partial charge in [0.05, 0.1) is 22.3 Å². The molecule has 3 heterocycles. The third-order valence-corrected chi connectivity index (χ3v) is 6.91. The van der Waals surface area contributed by atoms with E-state index in [1.165, 1.54) is 24.5 Å². The van der Waals surface area contributed by atoms with Gasteiger partial charge in [0, 0.05) is 44.4 Å². The molecule has 174 valence electrons. The monoisotopic (exact) mass is 491 g/mol. The normalized spacial score (nSPS) is 14.1. The zero-order chi connectivity index (χ0) is 23.7. The van der Waals surface area contributed by atoms with E-state index in [-0.39, 0.29) is 18.2 Å². The van der Waals surface area contributed by atoms with E-state index in [1.807, 2.05) is 11.8 Å². The SMILES string of the molecule is COCc1nc(OC)c2c(C)c(C(=O)N3CCN(c4ccc(Cl)cc4[N+](=O)[O-])CC3)sc2n1. The van der Waals surface area contributed by atoms with Crippen molar-refractivity contribution in [1.29, 1.82) is 0 Å². The molecule has 0 radical (unpaired) electrons. The highest BCUT2D eigenvalue weighted by molar-refractivity contribution is 7.20. The maximum atomic E-state index is 13.3. The summed E-state index contributed by atoms with van der Waals surface area (Å²) in [6.07, 6.45) is 0. The molecule has 1 saturated heterocycles. The number of nitro groups is 1. The molecule has 0 atom stereocenters. The highest BCUT2D eigenvalue weighted by atomic mass is 35.5. The predicted octanol–water partition coefficient (Wildman–Crippen LogP) is 3.68. The molecule has 1 fully saturated rings. The highest BCUT2D eigenvalue weighted by Gasteiger charge is 2.29. The van der Waals surface area contributed by atoms with Gasteiger partial charge in [0.1, 0.15) is 17.1 Å². The van der Waals surface area contributed by atoms with Crippen LogP contribution in [-0.2, 0) is 11.3 Å². The molecule has 0 aliphatic carbocycles. The molecule has 4 rings (SSSR count). The molecule has 1 amide bonds. The fraction of sp³-hybridized carbons (Fsp3) is 0.381. The van der Waals surface area contributed by atoms with Gasteiger partial charge >= 0.3 is 0 Å². The second kappa shape index (κ2) is 9.46. The van der Waals surface area contributed by atoms with Crippen molar-refractivity contribution in [3.8, 4) is 5.88 Å². The van der Waals surface area contributed by atoms with Gasteiger partial charge in [-0.2, -0.15) is 4.98 Å². The Balaban J connectivity index is 1.56. The zero-order valence-electron chi connectivity index (χ0n) is 18.3. The number of fused-ring (bicyclic) bond motifs is 1. The number of hydrogen-bond acceptors (Lipinski definition) is 9. The number of amides is 1. The Hall–Kier alpha value is -3.02. The predicted molar refractivity (Wildman–Crippen MR) is 126 cm³/mol. The zero-order valence-corrected chi connectivity index (χ0v) is 19.9. The van der Waals surface area contributed by atoms with Gasteiger partial charge in [0.25, 0.3) is 11.6 Å². The number of thiophene rings is 1. The smallest absolute Gasteiger partial charge is 0.294 e. The quantitative estimate of drug-likeness (QED) is 0.379. The Morgan fingerprint density at radius 2 is 1.97 bits per heavy atom. The summed E-state index contributed by atoms with van der Waals surface area (Å²) in [5.74, 6) is 0.802. The van der Waals surface area contributed by atoms with E-state index in [9.17, 15) is 14.9 Å². The van der Waals surface area contributed by atoms with E-state index >= 15 is 0 Å². The maximum Gasteiger partial charge on any atom is 0.294 e. The van der Waals surface area contributed by atoms with E-state index in [0.717, 1.165) is 10.9 Å². The van der Waals surface area contributed by atoms with Gasteiger partial charge in [-0.05, 0) is 24.6 Å². The number of piperazine rings is 1. The first-order valence-electron chi connectivity index (χ1n) is 10.1. The lowest BCUT2D eigenvalue weighted by atomic mass is 10.1. The van der Waals surface area contributed by atoms with E-state index in [1.54, 1.807) is 24.1 Å². The summed E-state index contributed by atoms with van der Waals surface area (Å²) in [5, 5.41) is 12.5. The van der Waals surface area contributed by atoms with E-state index in [2.05, 4.69) is 9.97 Å². The number of aromatic nitrogens is 2. The van der Waals surface area contributed by atoms with Gasteiger partial charge < -0.3 is 19.3 Å².